The molecule has 0 spiro atoms. The lowest BCUT2D eigenvalue weighted by Gasteiger charge is -2.10. The van der Waals surface area contributed by atoms with Crippen LogP contribution in [-0.2, 0) is 10.0 Å². The summed E-state index contributed by atoms with van der Waals surface area (Å²) in [6.07, 6.45) is 0. The minimum atomic E-state index is -3.98. The molecule has 0 aliphatic heterocycles. The zero-order chi connectivity index (χ0) is 19.6. The quantitative estimate of drug-likeness (QED) is 0.673. The summed E-state index contributed by atoms with van der Waals surface area (Å²) in [5.74, 6) is -1.02. The highest BCUT2D eigenvalue weighted by molar-refractivity contribution is 7.92. The number of aromatic nitrogens is 1. The summed E-state index contributed by atoms with van der Waals surface area (Å²) in [6.45, 7) is 3.36. The fourth-order valence-corrected chi connectivity index (χ4v) is 4.00. The van der Waals surface area contributed by atoms with E-state index in [1.54, 1.807) is 24.4 Å². The third kappa shape index (κ3) is 4.50. The van der Waals surface area contributed by atoms with Crippen molar-refractivity contribution in [1.29, 1.82) is 0 Å². The largest absolute Gasteiger partial charge is 0.298 e. The van der Waals surface area contributed by atoms with Gasteiger partial charge in [-0.2, -0.15) is 0 Å². The maximum absolute atomic E-state index is 13.7. The third-order valence-electron chi connectivity index (χ3n) is 3.67. The van der Waals surface area contributed by atoms with Gasteiger partial charge in [-0.15, -0.1) is 11.3 Å². The molecule has 0 atom stereocenters. The Labute approximate surface area is 160 Å². The van der Waals surface area contributed by atoms with Gasteiger partial charge in [-0.05, 0) is 49.7 Å². The standard InChI is InChI=1S/C18H16FN3O3S2/c1-11-6-7-15(9-16(11)19)27(24,25)22-14-5-3-4-13(8-14)17(23)21-18-20-12(2)10-26-18/h3-10,22H,1-2H3,(H,20,21,23). The van der Waals surface area contributed by atoms with Gasteiger partial charge in [0.05, 0.1) is 10.6 Å². The van der Waals surface area contributed by atoms with E-state index in [0.29, 0.717) is 10.7 Å². The molecule has 3 rings (SSSR count). The van der Waals surface area contributed by atoms with Crippen LogP contribution < -0.4 is 10.0 Å². The third-order valence-corrected chi connectivity index (χ3v) is 5.92. The second-order valence-corrected chi connectivity index (χ2v) is 8.39. The van der Waals surface area contributed by atoms with Crippen LogP contribution in [0.5, 0.6) is 0 Å². The van der Waals surface area contributed by atoms with Crippen LogP contribution in [0, 0.1) is 19.7 Å². The molecule has 0 unspecified atom stereocenters. The number of halogens is 1. The van der Waals surface area contributed by atoms with E-state index >= 15 is 0 Å². The Kier molecular flexibility index (Phi) is 5.24. The molecule has 27 heavy (non-hydrogen) atoms. The minimum absolute atomic E-state index is 0.193. The maximum atomic E-state index is 13.7. The lowest BCUT2D eigenvalue weighted by atomic mass is 10.2. The summed E-state index contributed by atoms with van der Waals surface area (Å²) in [7, 11) is -3.98. The number of carbonyl (C=O) groups excluding carboxylic acids is 1. The first-order valence-corrected chi connectivity index (χ1v) is 10.2. The van der Waals surface area contributed by atoms with Crippen LogP contribution in [0.3, 0.4) is 0 Å². The summed E-state index contributed by atoms with van der Waals surface area (Å²) in [4.78, 5) is 16.3. The van der Waals surface area contributed by atoms with Gasteiger partial charge in [0.1, 0.15) is 5.82 Å². The first-order valence-electron chi connectivity index (χ1n) is 7.87. The number of benzene rings is 2. The molecular weight excluding hydrogens is 389 g/mol. The van der Waals surface area contributed by atoms with Gasteiger partial charge in [0.2, 0.25) is 0 Å². The molecule has 140 valence electrons. The summed E-state index contributed by atoms with van der Waals surface area (Å²) in [5.41, 5.74) is 1.60. The normalized spacial score (nSPS) is 11.2. The highest BCUT2D eigenvalue weighted by atomic mass is 32.2. The number of amides is 1. The average Bonchev–Trinajstić information content (AvgIpc) is 3.02. The second kappa shape index (κ2) is 7.45. The number of thiazole rings is 1. The van der Waals surface area contributed by atoms with E-state index in [9.17, 15) is 17.6 Å². The number of nitrogens with zero attached hydrogens (tertiary/aromatic N) is 1. The van der Waals surface area contributed by atoms with Crippen LogP contribution in [0.2, 0.25) is 0 Å². The first-order chi connectivity index (χ1) is 12.7. The summed E-state index contributed by atoms with van der Waals surface area (Å²) in [5, 5.41) is 4.92. The topological polar surface area (TPSA) is 88.2 Å². The Bertz CT molecular complexity index is 1110. The van der Waals surface area contributed by atoms with E-state index in [4.69, 9.17) is 0 Å². The zero-order valence-corrected chi connectivity index (χ0v) is 16.1. The van der Waals surface area contributed by atoms with Gasteiger partial charge in [-0.25, -0.2) is 17.8 Å². The van der Waals surface area contributed by atoms with Crippen LogP contribution in [0.1, 0.15) is 21.6 Å². The van der Waals surface area contributed by atoms with E-state index in [0.717, 1.165) is 11.8 Å². The van der Waals surface area contributed by atoms with Crippen molar-refractivity contribution in [2.24, 2.45) is 0 Å². The van der Waals surface area contributed by atoms with Crippen molar-refractivity contribution in [2.45, 2.75) is 18.7 Å². The molecule has 0 aliphatic rings. The number of sulfonamides is 1. The van der Waals surface area contributed by atoms with Gasteiger partial charge in [0.25, 0.3) is 15.9 Å². The summed E-state index contributed by atoms with van der Waals surface area (Å²) >= 11 is 1.30. The molecule has 0 saturated heterocycles. The Morgan fingerprint density at radius 2 is 1.93 bits per heavy atom. The fourth-order valence-electron chi connectivity index (χ4n) is 2.26. The van der Waals surface area contributed by atoms with Crippen molar-refractivity contribution in [3.05, 3.63) is 70.5 Å². The molecular formula is C18H16FN3O3S2. The van der Waals surface area contributed by atoms with Gasteiger partial charge in [-0.3, -0.25) is 14.8 Å². The molecule has 0 saturated carbocycles. The van der Waals surface area contributed by atoms with Gasteiger partial charge in [0.15, 0.2) is 5.13 Å². The van der Waals surface area contributed by atoms with Crippen LogP contribution in [-0.4, -0.2) is 19.3 Å². The zero-order valence-electron chi connectivity index (χ0n) is 14.5. The molecule has 3 aromatic rings. The van der Waals surface area contributed by atoms with Crippen LogP contribution in [0.4, 0.5) is 15.2 Å². The van der Waals surface area contributed by atoms with Crippen molar-refractivity contribution >= 4 is 38.1 Å². The van der Waals surface area contributed by atoms with Crippen molar-refractivity contribution in [3.8, 4) is 0 Å². The minimum Gasteiger partial charge on any atom is -0.298 e. The van der Waals surface area contributed by atoms with E-state index in [-0.39, 0.29) is 16.1 Å². The van der Waals surface area contributed by atoms with E-state index in [1.165, 1.54) is 35.6 Å². The molecule has 0 bridgehead atoms. The number of hydrogen-bond donors (Lipinski definition) is 2. The number of hydrogen-bond acceptors (Lipinski definition) is 5. The van der Waals surface area contributed by atoms with E-state index < -0.39 is 21.7 Å². The molecule has 0 aliphatic carbocycles. The molecule has 2 aromatic carbocycles. The molecule has 0 radical (unpaired) electrons. The highest BCUT2D eigenvalue weighted by Gasteiger charge is 2.17. The Morgan fingerprint density at radius 1 is 1.15 bits per heavy atom. The van der Waals surface area contributed by atoms with Crippen LogP contribution in [0.15, 0.2) is 52.7 Å². The molecule has 1 heterocycles. The highest BCUT2D eigenvalue weighted by Crippen LogP contribution is 2.21. The Morgan fingerprint density at radius 3 is 2.59 bits per heavy atom. The van der Waals surface area contributed by atoms with Crippen molar-refractivity contribution in [1.82, 2.24) is 4.98 Å². The van der Waals surface area contributed by atoms with Crippen LogP contribution in [0.25, 0.3) is 0 Å². The number of nitrogens with one attached hydrogen (secondary N) is 2. The maximum Gasteiger partial charge on any atom is 0.261 e. The molecule has 2 N–H and O–H groups in total. The van der Waals surface area contributed by atoms with Crippen molar-refractivity contribution in [2.75, 3.05) is 10.0 Å². The molecule has 1 amide bonds. The number of carbonyl (C=O) groups is 1. The van der Waals surface area contributed by atoms with Crippen molar-refractivity contribution in [3.63, 3.8) is 0 Å². The molecule has 1 aromatic heterocycles. The van der Waals surface area contributed by atoms with Crippen molar-refractivity contribution < 1.29 is 17.6 Å². The lowest BCUT2D eigenvalue weighted by molar-refractivity contribution is 0.102. The lowest BCUT2D eigenvalue weighted by Crippen LogP contribution is -2.15. The molecule has 6 nitrogen and oxygen atoms in total. The predicted molar refractivity (Wildman–Crippen MR) is 103 cm³/mol. The molecule has 0 fully saturated rings. The predicted octanol–water partition coefficient (Wildman–Crippen LogP) is 3.95. The number of anilines is 2. The first kappa shape index (κ1) is 19.0. The monoisotopic (exact) mass is 405 g/mol. The summed E-state index contributed by atoms with van der Waals surface area (Å²) < 4.78 is 40.9. The van der Waals surface area contributed by atoms with Gasteiger partial charge in [-0.1, -0.05) is 12.1 Å². The fraction of sp³-hybridized carbons (Fsp3) is 0.111. The number of rotatable bonds is 5. The van der Waals surface area contributed by atoms with Gasteiger partial charge >= 0.3 is 0 Å². The SMILES string of the molecule is Cc1csc(NC(=O)c2cccc(NS(=O)(=O)c3ccc(C)c(F)c3)c2)n1. The number of aryl methyl sites for hydroxylation is 2. The van der Waals surface area contributed by atoms with E-state index in [1.807, 2.05) is 6.92 Å². The van der Waals surface area contributed by atoms with Crippen LogP contribution >= 0.6 is 11.3 Å². The smallest absolute Gasteiger partial charge is 0.261 e. The Balaban J connectivity index is 1.80. The Hall–Kier alpha value is -2.78. The van der Waals surface area contributed by atoms with Gasteiger partial charge < -0.3 is 0 Å². The average molecular weight is 405 g/mol. The molecule has 9 heteroatoms. The second-order valence-electron chi connectivity index (χ2n) is 5.85. The summed E-state index contributed by atoms with van der Waals surface area (Å²) in [6, 6.07) is 9.68. The van der Waals surface area contributed by atoms with E-state index in [2.05, 4.69) is 15.0 Å². The van der Waals surface area contributed by atoms with Gasteiger partial charge in [0, 0.05) is 16.6 Å².